The first-order valence-corrected chi connectivity index (χ1v) is 10.8. The van der Waals surface area contributed by atoms with Gasteiger partial charge in [-0.25, -0.2) is 8.78 Å². The topological polar surface area (TPSA) is 70.9 Å². The molecule has 2 amide bonds. The molecule has 2 aliphatic rings. The number of piperazine rings is 2. The van der Waals surface area contributed by atoms with Gasteiger partial charge in [0, 0.05) is 64.3 Å². The minimum absolute atomic E-state index is 0.154. The average molecular weight is 438 g/mol. The van der Waals surface area contributed by atoms with Crippen LogP contribution in [0, 0.1) is 11.3 Å². The zero-order valence-corrected chi connectivity index (χ0v) is 18.4. The van der Waals surface area contributed by atoms with Gasteiger partial charge in [-0.15, -0.1) is 0 Å². The second-order valence-corrected chi connectivity index (χ2v) is 8.27. The molecular formula is C22H33F2N5O2. The van der Waals surface area contributed by atoms with Crippen LogP contribution in [0.3, 0.4) is 0 Å². The Kier molecular flexibility index (Phi) is 9.59. The fourth-order valence-corrected chi connectivity index (χ4v) is 4.25. The summed E-state index contributed by atoms with van der Waals surface area (Å²) < 4.78 is 25.9. The fraction of sp³-hybridized carbons (Fsp3) is 0.682. The Labute approximate surface area is 183 Å². The van der Waals surface area contributed by atoms with E-state index in [9.17, 15) is 23.6 Å². The number of carbonyl (C=O) groups is 2. The molecule has 0 bridgehead atoms. The number of alkyl halides is 2. The first-order valence-electron chi connectivity index (χ1n) is 10.8. The van der Waals surface area contributed by atoms with E-state index in [-0.39, 0.29) is 30.3 Å². The molecule has 0 N–H and O–H groups in total. The summed E-state index contributed by atoms with van der Waals surface area (Å²) >= 11 is 0. The summed E-state index contributed by atoms with van der Waals surface area (Å²) in [6.45, 7) is 11.1. The van der Waals surface area contributed by atoms with Gasteiger partial charge in [0.1, 0.15) is 6.04 Å². The summed E-state index contributed by atoms with van der Waals surface area (Å²) in [7, 11) is 0. The Morgan fingerprint density at radius 2 is 1.90 bits per heavy atom. The molecule has 0 aromatic rings. The van der Waals surface area contributed by atoms with E-state index < -0.39 is 12.5 Å². The third kappa shape index (κ3) is 7.11. The molecule has 2 fully saturated rings. The molecule has 0 spiro atoms. The number of carbonyl (C=O) groups excluding carboxylic acids is 2. The van der Waals surface area contributed by atoms with E-state index in [2.05, 4.69) is 17.5 Å². The van der Waals surface area contributed by atoms with Crippen molar-refractivity contribution in [2.24, 2.45) is 0 Å². The lowest BCUT2D eigenvalue weighted by Gasteiger charge is -2.43. The molecule has 0 aromatic carbocycles. The molecular weight excluding hydrogens is 404 g/mol. The molecule has 9 heteroatoms. The normalized spacial score (nSPS) is 23.5. The van der Waals surface area contributed by atoms with Gasteiger partial charge in [-0.05, 0) is 32.4 Å². The number of halogens is 2. The van der Waals surface area contributed by atoms with Gasteiger partial charge >= 0.3 is 0 Å². The van der Waals surface area contributed by atoms with Crippen molar-refractivity contribution in [1.29, 1.82) is 5.26 Å². The summed E-state index contributed by atoms with van der Waals surface area (Å²) in [5.41, 5.74) is 0. The highest BCUT2D eigenvalue weighted by Crippen LogP contribution is 2.19. The maximum absolute atomic E-state index is 13.0. The Morgan fingerprint density at radius 3 is 2.52 bits per heavy atom. The Hall–Kier alpha value is -2.31. The molecule has 2 rings (SSSR count). The van der Waals surface area contributed by atoms with Crippen LogP contribution in [-0.4, -0.2) is 102 Å². The lowest BCUT2D eigenvalue weighted by Crippen LogP contribution is -2.57. The number of hydrogen-bond acceptors (Lipinski definition) is 5. The van der Waals surface area contributed by atoms with Crippen LogP contribution in [0.4, 0.5) is 8.78 Å². The van der Waals surface area contributed by atoms with E-state index in [1.165, 1.54) is 17.1 Å². The molecule has 31 heavy (non-hydrogen) atoms. The van der Waals surface area contributed by atoms with Crippen molar-refractivity contribution in [3.63, 3.8) is 0 Å². The monoisotopic (exact) mass is 437 g/mol. The zero-order valence-electron chi connectivity index (χ0n) is 18.4. The molecule has 172 valence electrons. The molecule has 0 aromatic heterocycles. The van der Waals surface area contributed by atoms with E-state index in [1.807, 2.05) is 18.7 Å². The first kappa shape index (κ1) is 25.0. The third-order valence-electron chi connectivity index (χ3n) is 5.90. The molecule has 2 aliphatic heterocycles. The summed E-state index contributed by atoms with van der Waals surface area (Å²) in [6, 6.07) is 1.49. The highest BCUT2D eigenvalue weighted by molar-refractivity contribution is 5.88. The summed E-state index contributed by atoms with van der Waals surface area (Å²) in [4.78, 5) is 31.6. The van der Waals surface area contributed by atoms with Crippen LogP contribution in [-0.2, 0) is 9.59 Å². The van der Waals surface area contributed by atoms with Crippen molar-refractivity contribution in [2.75, 3.05) is 45.8 Å². The molecule has 0 aliphatic carbocycles. The minimum Gasteiger partial charge on any atom is -0.336 e. The van der Waals surface area contributed by atoms with Crippen LogP contribution in [0.25, 0.3) is 0 Å². The number of rotatable bonds is 8. The van der Waals surface area contributed by atoms with Crippen molar-refractivity contribution in [2.45, 2.75) is 51.2 Å². The van der Waals surface area contributed by atoms with E-state index in [0.717, 1.165) is 0 Å². The highest BCUT2D eigenvalue weighted by Gasteiger charge is 2.32. The number of amides is 2. The number of nitriles is 1. The van der Waals surface area contributed by atoms with Crippen LogP contribution in [0.2, 0.25) is 0 Å². The van der Waals surface area contributed by atoms with Crippen LogP contribution < -0.4 is 0 Å². The van der Waals surface area contributed by atoms with Crippen molar-refractivity contribution >= 4 is 11.8 Å². The van der Waals surface area contributed by atoms with E-state index in [1.54, 1.807) is 11.0 Å². The van der Waals surface area contributed by atoms with Crippen LogP contribution in [0.5, 0.6) is 0 Å². The maximum atomic E-state index is 13.0. The Morgan fingerprint density at radius 1 is 1.16 bits per heavy atom. The molecule has 2 saturated heterocycles. The molecule has 2 unspecified atom stereocenters. The quantitative estimate of drug-likeness (QED) is 0.541. The third-order valence-corrected chi connectivity index (χ3v) is 5.90. The molecule has 0 saturated carbocycles. The van der Waals surface area contributed by atoms with Gasteiger partial charge < -0.3 is 9.80 Å². The largest absolute Gasteiger partial charge is 0.336 e. The van der Waals surface area contributed by atoms with Gasteiger partial charge in [0.2, 0.25) is 18.2 Å². The van der Waals surface area contributed by atoms with Crippen LogP contribution in [0.1, 0.15) is 26.7 Å². The zero-order chi connectivity index (χ0) is 23.0. The predicted octanol–water partition coefficient (Wildman–Crippen LogP) is 1.73. The van der Waals surface area contributed by atoms with Crippen molar-refractivity contribution in [1.82, 2.24) is 19.6 Å². The molecule has 0 radical (unpaired) electrons. The average Bonchev–Trinajstić information content (AvgIpc) is 2.75. The van der Waals surface area contributed by atoms with Gasteiger partial charge in [-0.1, -0.05) is 12.7 Å². The number of hydrogen-bond donors (Lipinski definition) is 0. The van der Waals surface area contributed by atoms with E-state index >= 15 is 0 Å². The second kappa shape index (κ2) is 11.9. The summed E-state index contributed by atoms with van der Waals surface area (Å²) in [5.74, 6) is -0.390. The lowest BCUT2D eigenvalue weighted by molar-refractivity contribution is -0.130. The van der Waals surface area contributed by atoms with Gasteiger partial charge in [-0.2, -0.15) is 5.26 Å². The maximum Gasteiger partial charge on any atom is 0.247 e. The Bertz CT molecular complexity index is 707. The SMILES string of the molecule is C=CC(=O)N1CCN(CC/C=C/C(=O)N2CCN(C(C)C)C(CC(F)F)C2)CC1C#N. The van der Waals surface area contributed by atoms with Gasteiger partial charge in [-0.3, -0.25) is 19.4 Å². The Balaban J connectivity index is 1.81. The van der Waals surface area contributed by atoms with E-state index in [4.69, 9.17) is 0 Å². The highest BCUT2D eigenvalue weighted by atomic mass is 19.3. The van der Waals surface area contributed by atoms with Crippen molar-refractivity contribution in [3.8, 4) is 6.07 Å². The van der Waals surface area contributed by atoms with Crippen LogP contribution >= 0.6 is 0 Å². The number of nitrogens with zero attached hydrogens (tertiary/aromatic N) is 5. The van der Waals surface area contributed by atoms with Crippen molar-refractivity contribution in [3.05, 3.63) is 24.8 Å². The predicted molar refractivity (Wildman–Crippen MR) is 114 cm³/mol. The van der Waals surface area contributed by atoms with Gasteiger partial charge in [0.25, 0.3) is 0 Å². The summed E-state index contributed by atoms with van der Waals surface area (Å²) in [5, 5.41) is 9.32. The minimum atomic E-state index is -2.39. The fourth-order valence-electron chi connectivity index (χ4n) is 4.25. The molecule has 7 nitrogen and oxygen atoms in total. The van der Waals surface area contributed by atoms with Gasteiger partial charge in [0.05, 0.1) is 6.07 Å². The van der Waals surface area contributed by atoms with Crippen LogP contribution in [0.15, 0.2) is 24.8 Å². The molecule has 2 heterocycles. The van der Waals surface area contributed by atoms with Crippen molar-refractivity contribution < 1.29 is 18.4 Å². The van der Waals surface area contributed by atoms with Gasteiger partial charge in [0.15, 0.2) is 0 Å². The van der Waals surface area contributed by atoms with E-state index in [0.29, 0.717) is 52.2 Å². The second-order valence-electron chi connectivity index (χ2n) is 8.27. The standard InChI is InChI=1S/C22H33F2N5O2/c1-4-21(30)29-11-9-26(15-19(29)14-25)8-6-5-7-22(31)27-10-12-28(17(2)3)18(16-27)13-20(23)24/h4-5,7,17-20H,1,6,8-13,15-16H2,2-3H3/b7-5+. The summed E-state index contributed by atoms with van der Waals surface area (Å²) in [6.07, 6.45) is 2.54. The smallest absolute Gasteiger partial charge is 0.247 e. The lowest BCUT2D eigenvalue weighted by atomic mass is 10.1. The first-order chi connectivity index (χ1) is 14.8. The molecule has 2 atom stereocenters.